The number of aryl methyl sites for hydroxylation is 2. The zero-order valence-electron chi connectivity index (χ0n) is 14.0. The summed E-state index contributed by atoms with van der Waals surface area (Å²) in [4.78, 5) is 0. The average molecular weight is 329 g/mol. The Morgan fingerprint density at radius 1 is 0.792 bits per heavy atom. The van der Waals surface area contributed by atoms with Gasteiger partial charge in [0.25, 0.3) is 0 Å². The van der Waals surface area contributed by atoms with Crippen LogP contribution in [0.3, 0.4) is 0 Å². The fourth-order valence-corrected chi connectivity index (χ4v) is 5.03. The highest BCUT2D eigenvalue weighted by Crippen LogP contribution is 2.39. The molecule has 0 spiro atoms. The van der Waals surface area contributed by atoms with E-state index in [1.807, 2.05) is 11.3 Å². The number of fused-ring (bicyclic) bond motifs is 6. The third kappa shape index (κ3) is 1.87. The van der Waals surface area contributed by atoms with Crippen molar-refractivity contribution in [1.82, 2.24) is 4.57 Å². The quantitative estimate of drug-likeness (QED) is 0.341. The average Bonchev–Trinajstić information content (AvgIpc) is 3.10. The minimum Gasteiger partial charge on any atom is -0.344 e. The molecule has 24 heavy (non-hydrogen) atoms. The van der Waals surface area contributed by atoms with E-state index >= 15 is 0 Å². The second-order valence-electron chi connectivity index (χ2n) is 6.62. The van der Waals surface area contributed by atoms with E-state index in [9.17, 15) is 0 Å². The van der Waals surface area contributed by atoms with Gasteiger partial charge in [-0.1, -0.05) is 37.6 Å². The Morgan fingerprint density at radius 3 is 2.50 bits per heavy atom. The number of thiophene rings is 1. The van der Waals surface area contributed by atoms with Crippen molar-refractivity contribution in [2.45, 2.75) is 19.8 Å². The normalized spacial score (nSPS) is 12.1. The smallest absolute Gasteiger partial charge is 0.0495 e. The van der Waals surface area contributed by atoms with Gasteiger partial charge in [0.15, 0.2) is 0 Å². The first-order valence-electron chi connectivity index (χ1n) is 8.58. The van der Waals surface area contributed by atoms with Crippen molar-refractivity contribution in [2.75, 3.05) is 0 Å². The molecule has 0 unspecified atom stereocenters. The molecular formula is C22H19NS. The summed E-state index contributed by atoms with van der Waals surface area (Å²) in [6, 6.07) is 20.5. The van der Waals surface area contributed by atoms with Crippen LogP contribution in [0.5, 0.6) is 0 Å². The molecule has 0 bridgehead atoms. The number of para-hydroxylation sites is 1. The molecule has 5 aromatic rings. The molecule has 0 fully saturated rings. The van der Waals surface area contributed by atoms with E-state index in [1.165, 1.54) is 54.0 Å². The minimum atomic E-state index is 1.16. The molecule has 1 nitrogen and oxygen atoms in total. The maximum atomic E-state index is 2.39. The van der Waals surface area contributed by atoms with Crippen molar-refractivity contribution < 1.29 is 0 Å². The standard InChI is InChI=1S/C22H19NS/c1-3-6-14-9-10-21-17(11-14)18-12-20-16(13-22(18)24-21)15-7-4-5-8-19(15)23(20)2/h4-5,7-13H,3,6H2,1-2H3. The third-order valence-electron chi connectivity index (χ3n) is 5.11. The number of aromatic nitrogens is 1. The van der Waals surface area contributed by atoms with Gasteiger partial charge in [0.2, 0.25) is 0 Å². The van der Waals surface area contributed by atoms with Crippen LogP contribution in [0.15, 0.2) is 54.6 Å². The van der Waals surface area contributed by atoms with Crippen molar-refractivity contribution in [3.63, 3.8) is 0 Å². The van der Waals surface area contributed by atoms with Gasteiger partial charge >= 0.3 is 0 Å². The third-order valence-corrected chi connectivity index (χ3v) is 6.24. The van der Waals surface area contributed by atoms with Gasteiger partial charge in [-0.3, -0.25) is 0 Å². The van der Waals surface area contributed by atoms with Crippen molar-refractivity contribution >= 4 is 53.3 Å². The predicted octanol–water partition coefficient (Wildman–Crippen LogP) is 6.65. The summed E-state index contributed by atoms with van der Waals surface area (Å²) in [5, 5.41) is 5.52. The Hall–Kier alpha value is -2.32. The van der Waals surface area contributed by atoms with Gasteiger partial charge in [0.05, 0.1) is 0 Å². The summed E-state index contributed by atoms with van der Waals surface area (Å²) < 4.78 is 5.11. The first-order valence-corrected chi connectivity index (χ1v) is 9.40. The number of benzene rings is 3. The largest absolute Gasteiger partial charge is 0.344 e. The number of rotatable bonds is 2. The van der Waals surface area contributed by atoms with Crippen LogP contribution in [-0.4, -0.2) is 4.57 Å². The van der Waals surface area contributed by atoms with Crippen LogP contribution < -0.4 is 0 Å². The highest BCUT2D eigenvalue weighted by molar-refractivity contribution is 7.25. The number of nitrogens with zero attached hydrogens (tertiary/aromatic N) is 1. The van der Waals surface area contributed by atoms with Crippen molar-refractivity contribution in [2.24, 2.45) is 7.05 Å². The van der Waals surface area contributed by atoms with E-state index in [0.29, 0.717) is 0 Å². The monoisotopic (exact) mass is 329 g/mol. The Labute approximate surface area is 145 Å². The molecule has 3 aromatic carbocycles. The van der Waals surface area contributed by atoms with E-state index in [1.54, 1.807) is 0 Å². The lowest BCUT2D eigenvalue weighted by Crippen LogP contribution is -1.85. The van der Waals surface area contributed by atoms with Crippen LogP contribution in [0.2, 0.25) is 0 Å². The molecule has 0 N–H and O–H groups in total. The molecule has 0 radical (unpaired) electrons. The number of hydrogen-bond donors (Lipinski definition) is 0. The summed E-state index contributed by atoms with van der Waals surface area (Å²) >= 11 is 1.91. The summed E-state index contributed by atoms with van der Waals surface area (Å²) in [6.45, 7) is 2.25. The molecule has 0 atom stereocenters. The molecule has 2 heteroatoms. The fourth-order valence-electron chi connectivity index (χ4n) is 3.92. The summed E-state index contributed by atoms with van der Waals surface area (Å²) in [5.74, 6) is 0. The van der Waals surface area contributed by atoms with Gasteiger partial charge in [0.1, 0.15) is 0 Å². The Morgan fingerprint density at radius 2 is 1.62 bits per heavy atom. The maximum absolute atomic E-state index is 2.39. The zero-order chi connectivity index (χ0) is 16.3. The lowest BCUT2D eigenvalue weighted by atomic mass is 10.0. The van der Waals surface area contributed by atoms with Crippen LogP contribution in [0.25, 0.3) is 42.0 Å². The number of hydrogen-bond acceptors (Lipinski definition) is 1. The van der Waals surface area contributed by atoms with Crippen LogP contribution in [0.4, 0.5) is 0 Å². The maximum Gasteiger partial charge on any atom is 0.0495 e. The fraction of sp³-hybridized carbons (Fsp3) is 0.182. The van der Waals surface area contributed by atoms with Crippen molar-refractivity contribution in [1.29, 1.82) is 0 Å². The van der Waals surface area contributed by atoms with Gasteiger partial charge in [-0.15, -0.1) is 11.3 Å². The first kappa shape index (κ1) is 14.1. The van der Waals surface area contributed by atoms with Gasteiger partial charge < -0.3 is 4.57 Å². The molecule has 0 aliphatic heterocycles. The summed E-state index contributed by atoms with van der Waals surface area (Å²) in [5.41, 5.74) is 4.08. The minimum absolute atomic E-state index is 1.16. The second-order valence-corrected chi connectivity index (χ2v) is 7.71. The lowest BCUT2D eigenvalue weighted by Gasteiger charge is -2.00. The van der Waals surface area contributed by atoms with Gasteiger partial charge in [-0.25, -0.2) is 0 Å². The van der Waals surface area contributed by atoms with E-state index in [-0.39, 0.29) is 0 Å². The van der Waals surface area contributed by atoms with Gasteiger partial charge in [-0.05, 0) is 42.3 Å². The molecule has 0 aliphatic rings. The predicted molar refractivity (Wildman–Crippen MR) is 107 cm³/mol. The molecule has 5 rings (SSSR count). The molecular weight excluding hydrogens is 310 g/mol. The van der Waals surface area contributed by atoms with E-state index in [0.717, 1.165) is 6.42 Å². The van der Waals surface area contributed by atoms with Crippen LogP contribution in [-0.2, 0) is 13.5 Å². The first-order chi connectivity index (χ1) is 11.8. The molecule has 0 saturated heterocycles. The van der Waals surface area contributed by atoms with Crippen molar-refractivity contribution in [3.8, 4) is 0 Å². The lowest BCUT2D eigenvalue weighted by molar-refractivity contribution is 0.924. The highest BCUT2D eigenvalue weighted by atomic mass is 32.1. The molecule has 0 aliphatic carbocycles. The summed E-state index contributed by atoms with van der Waals surface area (Å²) in [7, 11) is 2.17. The van der Waals surface area contributed by atoms with Crippen LogP contribution in [0.1, 0.15) is 18.9 Å². The van der Waals surface area contributed by atoms with Gasteiger partial charge in [0, 0.05) is 49.0 Å². The van der Waals surface area contributed by atoms with Crippen LogP contribution in [0, 0.1) is 0 Å². The SMILES string of the molecule is CCCc1ccc2sc3cc4c5ccccc5n(C)c4cc3c2c1. The van der Waals surface area contributed by atoms with E-state index < -0.39 is 0 Å². The topological polar surface area (TPSA) is 4.93 Å². The van der Waals surface area contributed by atoms with Crippen LogP contribution >= 0.6 is 11.3 Å². The zero-order valence-corrected chi connectivity index (χ0v) is 14.8. The molecule has 0 amide bonds. The molecule has 118 valence electrons. The second kappa shape index (κ2) is 5.09. The van der Waals surface area contributed by atoms with E-state index in [2.05, 4.69) is 73.1 Å². The molecule has 2 aromatic heterocycles. The Bertz CT molecular complexity index is 1220. The Balaban J connectivity index is 1.91. The van der Waals surface area contributed by atoms with Gasteiger partial charge in [-0.2, -0.15) is 0 Å². The molecule has 0 saturated carbocycles. The van der Waals surface area contributed by atoms with E-state index in [4.69, 9.17) is 0 Å². The Kier molecular flexibility index (Phi) is 2.98. The van der Waals surface area contributed by atoms with Crippen molar-refractivity contribution in [3.05, 3.63) is 60.2 Å². The highest BCUT2D eigenvalue weighted by Gasteiger charge is 2.12. The molecule has 2 heterocycles. The summed E-state index contributed by atoms with van der Waals surface area (Å²) in [6.07, 6.45) is 2.35.